The lowest BCUT2D eigenvalue weighted by atomic mass is 9.87. The molecule has 2 heterocycles. The third kappa shape index (κ3) is 1.75. The first-order valence-corrected chi connectivity index (χ1v) is 5.68. The Morgan fingerprint density at radius 3 is 2.80 bits per heavy atom. The summed E-state index contributed by atoms with van der Waals surface area (Å²) in [5.41, 5.74) is 0.769. The summed E-state index contributed by atoms with van der Waals surface area (Å²) in [6, 6.07) is 0. The Morgan fingerprint density at radius 1 is 1.40 bits per heavy atom. The first kappa shape index (κ1) is 10.5. The average molecular weight is 210 g/mol. The van der Waals surface area contributed by atoms with Crippen LogP contribution in [-0.4, -0.2) is 18.7 Å². The van der Waals surface area contributed by atoms with Gasteiger partial charge in [-0.3, -0.25) is 0 Å². The minimum absolute atomic E-state index is 0.0330. The zero-order valence-corrected chi connectivity index (χ0v) is 9.58. The Bertz CT molecular complexity index is 304. The van der Waals surface area contributed by atoms with Crippen LogP contribution in [0.25, 0.3) is 0 Å². The van der Waals surface area contributed by atoms with E-state index in [1.807, 2.05) is 0 Å². The van der Waals surface area contributed by atoms with Crippen molar-refractivity contribution >= 4 is 5.97 Å². The highest BCUT2D eigenvalue weighted by molar-refractivity contribution is 5.90. The molecule has 0 saturated carbocycles. The van der Waals surface area contributed by atoms with E-state index < -0.39 is 0 Å². The van der Waals surface area contributed by atoms with E-state index in [-0.39, 0.29) is 18.0 Å². The van der Waals surface area contributed by atoms with E-state index >= 15 is 0 Å². The summed E-state index contributed by atoms with van der Waals surface area (Å²) in [4.78, 5) is 11.7. The summed E-state index contributed by atoms with van der Waals surface area (Å²) in [5.74, 6) is 1.26. The first-order chi connectivity index (χ1) is 7.11. The van der Waals surface area contributed by atoms with Crippen LogP contribution in [0, 0.1) is 11.8 Å². The van der Waals surface area contributed by atoms with Crippen molar-refractivity contribution in [3.05, 3.63) is 11.3 Å². The van der Waals surface area contributed by atoms with Crippen molar-refractivity contribution in [1.29, 1.82) is 0 Å². The van der Waals surface area contributed by atoms with Crippen LogP contribution in [0.4, 0.5) is 0 Å². The molecule has 0 unspecified atom stereocenters. The molecule has 0 amide bonds. The zero-order valence-electron chi connectivity index (χ0n) is 9.58. The van der Waals surface area contributed by atoms with E-state index in [2.05, 4.69) is 20.8 Å². The van der Waals surface area contributed by atoms with Crippen molar-refractivity contribution in [2.24, 2.45) is 11.8 Å². The van der Waals surface area contributed by atoms with Gasteiger partial charge in [-0.1, -0.05) is 20.8 Å². The lowest BCUT2D eigenvalue weighted by Gasteiger charge is -2.36. The van der Waals surface area contributed by atoms with E-state index in [1.165, 1.54) is 0 Å². The topological polar surface area (TPSA) is 35.5 Å². The normalized spacial score (nSPS) is 31.1. The molecular weight excluding hydrogens is 192 g/mol. The average Bonchev–Trinajstić information content (AvgIpc) is 2.23. The lowest BCUT2D eigenvalue weighted by Crippen LogP contribution is -2.39. The van der Waals surface area contributed by atoms with Gasteiger partial charge in [0.1, 0.15) is 11.9 Å². The van der Waals surface area contributed by atoms with Gasteiger partial charge >= 0.3 is 5.97 Å². The molecule has 2 rings (SSSR count). The van der Waals surface area contributed by atoms with Crippen LogP contribution in [-0.2, 0) is 14.3 Å². The van der Waals surface area contributed by atoms with Crippen LogP contribution in [0.1, 0.15) is 33.6 Å². The molecule has 0 fully saturated rings. The number of carbonyl (C=O) groups excluding carboxylic acids is 1. The van der Waals surface area contributed by atoms with Crippen molar-refractivity contribution in [3.8, 4) is 0 Å². The van der Waals surface area contributed by atoms with Crippen LogP contribution in [0.15, 0.2) is 11.3 Å². The van der Waals surface area contributed by atoms with Gasteiger partial charge in [0.05, 0.1) is 18.1 Å². The van der Waals surface area contributed by atoms with Crippen molar-refractivity contribution in [1.82, 2.24) is 0 Å². The van der Waals surface area contributed by atoms with Crippen LogP contribution in [0.5, 0.6) is 0 Å². The van der Waals surface area contributed by atoms with Crippen LogP contribution in [0.2, 0.25) is 0 Å². The maximum atomic E-state index is 11.7. The van der Waals surface area contributed by atoms with Crippen LogP contribution < -0.4 is 0 Å². The van der Waals surface area contributed by atoms with E-state index in [0.29, 0.717) is 5.92 Å². The monoisotopic (exact) mass is 210 g/mol. The van der Waals surface area contributed by atoms with Crippen molar-refractivity contribution < 1.29 is 14.3 Å². The molecule has 15 heavy (non-hydrogen) atoms. The smallest absolute Gasteiger partial charge is 0.337 e. The minimum atomic E-state index is -0.165. The summed E-state index contributed by atoms with van der Waals surface area (Å²) in [5, 5.41) is 0. The van der Waals surface area contributed by atoms with Gasteiger partial charge in [-0.05, 0) is 18.8 Å². The molecule has 0 aliphatic carbocycles. The van der Waals surface area contributed by atoms with E-state index in [4.69, 9.17) is 9.47 Å². The van der Waals surface area contributed by atoms with Gasteiger partial charge in [0.25, 0.3) is 0 Å². The van der Waals surface area contributed by atoms with Gasteiger partial charge in [-0.15, -0.1) is 0 Å². The Kier molecular flexibility index (Phi) is 2.72. The number of carbonyl (C=O) groups is 1. The molecule has 2 atom stereocenters. The maximum absolute atomic E-state index is 11.7. The SMILES string of the molecule is CC(C)[C@H]1OC(=O)C2=C(OCCC2)[C@@H]1C. The highest BCUT2D eigenvalue weighted by atomic mass is 16.6. The number of cyclic esters (lactones) is 1. The summed E-state index contributed by atoms with van der Waals surface area (Å²) in [6.07, 6.45) is 1.70. The molecule has 0 radical (unpaired) electrons. The quantitative estimate of drug-likeness (QED) is 0.623. The second-order valence-corrected chi connectivity index (χ2v) is 4.70. The lowest BCUT2D eigenvalue weighted by molar-refractivity contribution is -0.154. The fourth-order valence-corrected chi connectivity index (χ4v) is 2.41. The highest BCUT2D eigenvalue weighted by Crippen LogP contribution is 2.36. The molecule has 0 aromatic heterocycles. The fraction of sp³-hybridized carbons (Fsp3) is 0.750. The molecule has 3 heteroatoms. The molecule has 2 aliphatic rings. The largest absolute Gasteiger partial charge is 0.497 e. The Labute approximate surface area is 90.4 Å². The Hall–Kier alpha value is -0.990. The van der Waals surface area contributed by atoms with Gasteiger partial charge in [-0.2, -0.15) is 0 Å². The number of hydrogen-bond acceptors (Lipinski definition) is 3. The van der Waals surface area contributed by atoms with Gasteiger partial charge in [-0.25, -0.2) is 4.79 Å². The van der Waals surface area contributed by atoms with Crippen LogP contribution >= 0.6 is 0 Å². The third-order valence-corrected chi connectivity index (χ3v) is 3.18. The van der Waals surface area contributed by atoms with Crippen LogP contribution in [0.3, 0.4) is 0 Å². The van der Waals surface area contributed by atoms with E-state index in [0.717, 1.165) is 30.8 Å². The van der Waals surface area contributed by atoms with Crippen molar-refractivity contribution in [2.75, 3.05) is 6.61 Å². The fourth-order valence-electron chi connectivity index (χ4n) is 2.41. The third-order valence-electron chi connectivity index (χ3n) is 3.18. The van der Waals surface area contributed by atoms with Gasteiger partial charge in [0, 0.05) is 0 Å². The molecule has 0 aromatic carbocycles. The molecule has 2 aliphatic heterocycles. The summed E-state index contributed by atoms with van der Waals surface area (Å²) < 4.78 is 11.1. The van der Waals surface area contributed by atoms with E-state index in [1.54, 1.807) is 0 Å². The molecule has 0 aromatic rings. The molecule has 0 saturated heterocycles. The number of ether oxygens (including phenoxy) is 2. The molecule has 0 spiro atoms. The predicted octanol–water partition coefficient (Wildman–Crippen LogP) is 2.27. The standard InChI is InChI=1S/C12H18O3/c1-7(2)10-8(3)11-9(12(13)15-10)5-4-6-14-11/h7-8,10H,4-6H2,1-3H3/t8-,10-/m1/s1. The predicted molar refractivity (Wildman–Crippen MR) is 56.1 cm³/mol. The molecule has 3 nitrogen and oxygen atoms in total. The molecule has 0 bridgehead atoms. The van der Waals surface area contributed by atoms with Gasteiger partial charge < -0.3 is 9.47 Å². The van der Waals surface area contributed by atoms with Crippen molar-refractivity contribution in [3.63, 3.8) is 0 Å². The summed E-state index contributed by atoms with van der Waals surface area (Å²) in [6.45, 7) is 6.96. The van der Waals surface area contributed by atoms with Gasteiger partial charge in [0.2, 0.25) is 0 Å². The minimum Gasteiger partial charge on any atom is -0.497 e. The highest BCUT2D eigenvalue weighted by Gasteiger charge is 2.38. The molecule has 0 N–H and O–H groups in total. The van der Waals surface area contributed by atoms with Crippen molar-refractivity contribution in [2.45, 2.75) is 39.7 Å². The maximum Gasteiger partial charge on any atom is 0.337 e. The second-order valence-electron chi connectivity index (χ2n) is 4.70. The number of hydrogen-bond donors (Lipinski definition) is 0. The molecule has 84 valence electrons. The van der Waals surface area contributed by atoms with E-state index in [9.17, 15) is 4.79 Å². The first-order valence-electron chi connectivity index (χ1n) is 5.68. The number of esters is 1. The Morgan fingerprint density at radius 2 is 2.13 bits per heavy atom. The number of rotatable bonds is 1. The second kappa shape index (κ2) is 3.87. The zero-order chi connectivity index (χ0) is 11.0. The van der Waals surface area contributed by atoms with Gasteiger partial charge in [0.15, 0.2) is 0 Å². The summed E-state index contributed by atoms with van der Waals surface area (Å²) >= 11 is 0. The Balaban J connectivity index is 2.30. The molecular formula is C12H18O3. The summed E-state index contributed by atoms with van der Waals surface area (Å²) in [7, 11) is 0.